The van der Waals surface area contributed by atoms with Crippen LogP contribution in [0.15, 0.2) is 0 Å². The highest BCUT2D eigenvalue weighted by molar-refractivity contribution is 4.94. The number of rotatable bonds is 6. The lowest BCUT2D eigenvalue weighted by Gasteiger charge is -2.36. The zero-order valence-corrected chi connectivity index (χ0v) is 11.7. The molecule has 0 unspecified atom stereocenters. The topological polar surface area (TPSA) is 29.3 Å². The van der Waals surface area contributed by atoms with E-state index in [0.29, 0.717) is 5.41 Å². The van der Waals surface area contributed by atoms with Gasteiger partial charge in [0.05, 0.1) is 6.54 Å². The van der Waals surface area contributed by atoms with Gasteiger partial charge in [0.15, 0.2) is 0 Å². The number of terminal acetylenes is 1. The van der Waals surface area contributed by atoms with Crippen molar-refractivity contribution >= 4 is 0 Å². The second-order valence-corrected chi connectivity index (χ2v) is 6.44. The molecular formula is C16H28N2. The molecule has 0 saturated heterocycles. The normalized spacial score (nSPS) is 23.6. The zero-order chi connectivity index (χ0) is 12.8. The number of hydrogen-bond acceptors (Lipinski definition) is 2. The van der Waals surface area contributed by atoms with Gasteiger partial charge in [-0.05, 0) is 43.6 Å². The van der Waals surface area contributed by atoms with Crippen molar-refractivity contribution in [3.8, 4) is 12.3 Å². The van der Waals surface area contributed by atoms with Gasteiger partial charge in [-0.3, -0.25) is 4.90 Å². The molecule has 0 atom stereocenters. The quantitative estimate of drug-likeness (QED) is 0.578. The van der Waals surface area contributed by atoms with E-state index >= 15 is 0 Å². The Hall–Kier alpha value is -0.520. The summed E-state index contributed by atoms with van der Waals surface area (Å²) in [5.41, 5.74) is 6.47. The number of nitrogens with zero attached hydrogens (tertiary/aromatic N) is 1. The molecule has 2 N–H and O–H groups in total. The van der Waals surface area contributed by atoms with Crippen molar-refractivity contribution in [3.05, 3.63) is 0 Å². The first-order valence-corrected chi connectivity index (χ1v) is 7.64. The van der Waals surface area contributed by atoms with Crippen molar-refractivity contribution in [1.29, 1.82) is 0 Å². The molecule has 0 aromatic carbocycles. The first kappa shape index (κ1) is 13.9. The molecule has 0 spiro atoms. The summed E-state index contributed by atoms with van der Waals surface area (Å²) in [4.78, 5) is 2.50. The lowest BCUT2D eigenvalue weighted by molar-refractivity contribution is 0.143. The van der Waals surface area contributed by atoms with Crippen molar-refractivity contribution in [3.63, 3.8) is 0 Å². The average Bonchev–Trinajstić information content (AvgIpc) is 3.17. The maximum Gasteiger partial charge on any atom is 0.0599 e. The molecule has 18 heavy (non-hydrogen) atoms. The van der Waals surface area contributed by atoms with E-state index in [0.717, 1.165) is 25.6 Å². The first-order valence-electron chi connectivity index (χ1n) is 7.64. The molecule has 0 amide bonds. The first-order chi connectivity index (χ1) is 8.78. The van der Waals surface area contributed by atoms with Gasteiger partial charge >= 0.3 is 0 Å². The van der Waals surface area contributed by atoms with Gasteiger partial charge in [-0.15, -0.1) is 6.42 Å². The van der Waals surface area contributed by atoms with E-state index in [1.54, 1.807) is 0 Å². The highest BCUT2D eigenvalue weighted by Crippen LogP contribution is 2.36. The van der Waals surface area contributed by atoms with Crippen molar-refractivity contribution in [2.45, 2.75) is 51.4 Å². The van der Waals surface area contributed by atoms with Crippen LogP contribution in [0.5, 0.6) is 0 Å². The van der Waals surface area contributed by atoms with Crippen LogP contribution >= 0.6 is 0 Å². The van der Waals surface area contributed by atoms with Crippen LogP contribution in [0.25, 0.3) is 0 Å². The Morgan fingerprint density at radius 1 is 1.17 bits per heavy atom. The predicted molar refractivity (Wildman–Crippen MR) is 77.2 cm³/mol. The molecule has 2 rings (SSSR count). The lowest BCUT2D eigenvalue weighted by Crippen LogP contribution is -2.43. The molecule has 2 saturated carbocycles. The van der Waals surface area contributed by atoms with Crippen molar-refractivity contribution in [2.75, 3.05) is 26.2 Å². The Bertz CT molecular complexity index is 280. The van der Waals surface area contributed by atoms with Crippen molar-refractivity contribution < 1.29 is 0 Å². The third-order valence-electron chi connectivity index (χ3n) is 4.68. The molecule has 0 heterocycles. The summed E-state index contributed by atoms with van der Waals surface area (Å²) >= 11 is 0. The van der Waals surface area contributed by atoms with Gasteiger partial charge in [0.1, 0.15) is 0 Å². The molecule has 0 aromatic rings. The Morgan fingerprint density at radius 3 is 2.33 bits per heavy atom. The lowest BCUT2D eigenvalue weighted by atomic mass is 9.80. The van der Waals surface area contributed by atoms with Gasteiger partial charge in [-0.2, -0.15) is 0 Å². The largest absolute Gasteiger partial charge is 0.330 e. The van der Waals surface area contributed by atoms with Crippen LogP contribution in [-0.2, 0) is 0 Å². The minimum Gasteiger partial charge on any atom is -0.330 e. The minimum atomic E-state index is 0.349. The van der Waals surface area contributed by atoms with Gasteiger partial charge in [-0.1, -0.05) is 31.6 Å². The van der Waals surface area contributed by atoms with E-state index in [9.17, 15) is 0 Å². The van der Waals surface area contributed by atoms with Gasteiger partial charge in [0, 0.05) is 13.1 Å². The Kier molecular flexibility index (Phi) is 5.09. The molecule has 2 fully saturated rings. The smallest absolute Gasteiger partial charge is 0.0599 e. The van der Waals surface area contributed by atoms with Crippen LogP contribution in [0, 0.1) is 23.7 Å². The monoisotopic (exact) mass is 248 g/mol. The van der Waals surface area contributed by atoms with Crippen LogP contribution in [0.1, 0.15) is 51.4 Å². The van der Waals surface area contributed by atoms with Gasteiger partial charge in [-0.25, -0.2) is 0 Å². The standard InChI is InChI=1S/C16H28N2/c1-2-11-18(12-15-7-8-15)14-16(13-17)9-5-3-4-6-10-16/h1,15H,3-14,17H2. The summed E-state index contributed by atoms with van der Waals surface area (Å²) in [7, 11) is 0. The highest BCUT2D eigenvalue weighted by Gasteiger charge is 2.33. The van der Waals surface area contributed by atoms with Crippen LogP contribution in [0.4, 0.5) is 0 Å². The van der Waals surface area contributed by atoms with Crippen LogP contribution in [0.3, 0.4) is 0 Å². The summed E-state index contributed by atoms with van der Waals surface area (Å²) in [5.74, 6) is 3.75. The van der Waals surface area contributed by atoms with E-state index < -0.39 is 0 Å². The Balaban J connectivity index is 1.93. The summed E-state index contributed by atoms with van der Waals surface area (Å²) in [6.45, 7) is 3.97. The van der Waals surface area contributed by atoms with Gasteiger partial charge in [0.2, 0.25) is 0 Å². The molecule has 2 heteroatoms. The molecule has 102 valence electrons. The minimum absolute atomic E-state index is 0.349. The average molecular weight is 248 g/mol. The van der Waals surface area contributed by atoms with E-state index in [1.807, 2.05) is 0 Å². The van der Waals surface area contributed by atoms with E-state index in [2.05, 4.69) is 10.8 Å². The molecule has 0 bridgehead atoms. The van der Waals surface area contributed by atoms with Crippen molar-refractivity contribution in [2.24, 2.45) is 17.1 Å². The fourth-order valence-electron chi connectivity index (χ4n) is 3.36. The zero-order valence-electron chi connectivity index (χ0n) is 11.7. The van der Waals surface area contributed by atoms with Crippen LogP contribution in [-0.4, -0.2) is 31.1 Å². The van der Waals surface area contributed by atoms with Gasteiger partial charge in [0.25, 0.3) is 0 Å². The second kappa shape index (κ2) is 6.59. The van der Waals surface area contributed by atoms with Crippen molar-refractivity contribution in [1.82, 2.24) is 4.90 Å². The van der Waals surface area contributed by atoms with Gasteiger partial charge < -0.3 is 5.73 Å². The predicted octanol–water partition coefficient (Wildman–Crippen LogP) is 2.63. The van der Waals surface area contributed by atoms with E-state index in [-0.39, 0.29) is 0 Å². The molecule has 2 aliphatic carbocycles. The second-order valence-electron chi connectivity index (χ2n) is 6.44. The molecule has 0 aromatic heterocycles. The fraction of sp³-hybridized carbons (Fsp3) is 0.875. The maximum absolute atomic E-state index is 6.12. The Morgan fingerprint density at radius 2 is 1.83 bits per heavy atom. The maximum atomic E-state index is 6.12. The summed E-state index contributed by atoms with van der Waals surface area (Å²) < 4.78 is 0. The fourth-order valence-corrected chi connectivity index (χ4v) is 3.36. The number of hydrogen-bond donors (Lipinski definition) is 1. The highest BCUT2D eigenvalue weighted by atomic mass is 15.1. The summed E-state index contributed by atoms with van der Waals surface area (Å²) in [6.07, 6.45) is 16.4. The molecule has 2 nitrogen and oxygen atoms in total. The summed E-state index contributed by atoms with van der Waals surface area (Å²) in [6, 6.07) is 0. The molecule has 0 aliphatic heterocycles. The van der Waals surface area contributed by atoms with Crippen LogP contribution < -0.4 is 5.73 Å². The third kappa shape index (κ3) is 4.00. The molecule has 2 aliphatic rings. The molecule has 0 radical (unpaired) electrons. The number of nitrogens with two attached hydrogens (primary N) is 1. The van der Waals surface area contributed by atoms with E-state index in [4.69, 9.17) is 12.2 Å². The SMILES string of the molecule is C#CCN(CC1CC1)CC1(CN)CCCCCC1. The van der Waals surface area contributed by atoms with Crippen LogP contribution in [0.2, 0.25) is 0 Å². The van der Waals surface area contributed by atoms with E-state index in [1.165, 1.54) is 57.9 Å². The molecular weight excluding hydrogens is 220 g/mol. The Labute approximate surface area is 112 Å². The third-order valence-corrected chi connectivity index (χ3v) is 4.68. The summed E-state index contributed by atoms with van der Waals surface area (Å²) in [5, 5.41) is 0.